The highest BCUT2D eigenvalue weighted by Gasteiger charge is 2.45. The van der Waals surface area contributed by atoms with E-state index in [1.165, 1.54) is 40.9 Å². The van der Waals surface area contributed by atoms with Crippen LogP contribution in [0.1, 0.15) is 22.7 Å². The first kappa shape index (κ1) is 28.0. The molecule has 0 bridgehead atoms. The maximum absolute atomic E-state index is 13.5. The molecule has 5 aromatic rings. The number of aromatic nitrogens is 2. The van der Waals surface area contributed by atoms with Crippen molar-refractivity contribution in [2.24, 2.45) is 0 Å². The minimum Gasteiger partial charge on any atom is -0.503 e. The number of ketones is 1. The van der Waals surface area contributed by atoms with Crippen LogP contribution in [0.5, 0.6) is 0 Å². The number of rotatable bonds is 9. The van der Waals surface area contributed by atoms with E-state index in [9.17, 15) is 24.8 Å². The van der Waals surface area contributed by atoms with Crippen LogP contribution in [0.25, 0.3) is 16.8 Å². The van der Waals surface area contributed by atoms with Crippen LogP contribution in [0.4, 0.5) is 10.8 Å². The van der Waals surface area contributed by atoms with Crippen molar-refractivity contribution in [3.63, 3.8) is 0 Å². The average Bonchev–Trinajstić information content (AvgIpc) is 3.61. The number of allylic oxidation sites excluding steroid dienone is 1. The third kappa shape index (κ3) is 5.68. The van der Waals surface area contributed by atoms with Crippen molar-refractivity contribution < 1.29 is 19.6 Å². The van der Waals surface area contributed by atoms with E-state index < -0.39 is 28.4 Å². The Hall–Kier alpha value is -5.13. The standard InChI is InChI=1S/C32H22N4O5S2/c37-26(17-16-20-8-2-1-3-9-20)27-28(22-12-7-14-24(18-22)36(40)41)35(30(39)29(27)38)31-33-34-32(43-31)42-19-23-13-6-11-21-10-4-5-15-25(21)23/h1-18,28,38H,19H2. The molecule has 0 radical (unpaired) electrons. The van der Waals surface area contributed by atoms with Crippen LogP contribution < -0.4 is 4.90 Å². The molecule has 4 aromatic carbocycles. The first-order valence-corrected chi connectivity index (χ1v) is 14.9. The zero-order valence-electron chi connectivity index (χ0n) is 22.4. The average molecular weight is 607 g/mol. The molecule has 1 unspecified atom stereocenters. The van der Waals surface area contributed by atoms with Crippen molar-refractivity contribution in [1.82, 2.24) is 10.2 Å². The lowest BCUT2D eigenvalue weighted by atomic mass is 9.95. The molecule has 1 aromatic heterocycles. The Morgan fingerprint density at radius 1 is 1.00 bits per heavy atom. The molecule has 212 valence electrons. The Morgan fingerprint density at radius 3 is 2.56 bits per heavy atom. The van der Waals surface area contributed by atoms with Gasteiger partial charge in [-0.3, -0.25) is 24.6 Å². The summed E-state index contributed by atoms with van der Waals surface area (Å²) in [5.41, 5.74) is 1.73. The van der Waals surface area contributed by atoms with E-state index in [1.807, 2.05) is 54.6 Å². The van der Waals surface area contributed by atoms with Crippen LogP contribution in [0.3, 0.4) is 0 Å². The first-order valence-electron chi connectivity index (χ1n) is 13.1. The highest BCUT2D eigenvalue weighted by atomic mass is 32.2. The third-order valence-electron chi connectivity index (χ3n) is 6.93. The highest BCUT2D eigenvalue weighted by molar-refractivity contribution is 8.00. The van der Waals surface area contributed by atoms with E-state index in [-0.39, 0.29) is 22.0 Å². The quantitative estimate of drug-likeness (QED) is 0.0620. The third-order valence-corrected chi connectivity index (χ3v) is 9.03. The second kappa shape index (κ2) is 12.0. The molecule has 1 N–H and O–H groups in total. The lowest BCUT2D eigenvalue weighted by Crippen LogP contribution is -2.30. The Kier molecular flexibility index (Phi) is 7.82. The number of aliphatic hydroxyl groups is 1. The van der Waals surface area contributed by atoms with E-state index in [0.717, 1.165) is 33.2 Å². The normalized spacial score (nSPS) is 15.1. The van der Waals surface area contributed by atoms with Crippen LogP contribution in [0, 0.1) is 10.1 Å². The van der Waals surface area contributed by atoms with Gasteiger partial charge in [0.2, 0.25) is 5.13 Å². The van der Waals surface area contributed by atoms with E-state index >= 15 is 0 Å². The summed E-state index contributed by atoms with van der Waals surface area (Å²) in [6.45, 7) is 0. The number of non-ortho nitro benzene ring substituents is 1. The van der Waals surface area contributed by atoms with Crippen LogP contribution in [-0.4, -0.2) is 31.9 Å². The summed E-state index contributed by atoms with van der Waals surface area (Å²) in [6.07, 6.45) is 2.85. The van der Waals surface area contributed by atoms with Crippen LogP contribution in [0.15, 0.2) is 119 Å². The van der Waals surface area contributed by atoms with E-state index in [1.54, 1.807) is 24.3 Å². The first-order chi connectivity index (χ1) is 20.9. The second-order valence-electron chi connectivity index (χ2n) is 9.58. The highest BCUT2D eigenvalue weighted by Crippen LogP contribution is 2.44. The second-order valence-corrected chi connectivity index (χ2v) is 11.8. The number of hydrogen-bond acceptors (Lipinski definition) is 9. The molecule has 0 spiro atoms. The molecule has 1 aliphatic rings. The van der Waals surface area contributed by atoms with Gasteiger partial charge >= 0.3 is 0 Å². The van der Waals surface area contributed by atoms with Crippen molar-refractivity contribution in [3.05, 3.63) is 141 Å². The Bertz CT molecular complexity index is 1930. The number of amides is 1. The number of nitro benzene ring substituents is 1. The van der Waals surface area contributed by atoms with Gasteiger partial charge in [-0.05, 0) is 33.5 Å². The van der Waals surface area contributed by atoms with Gasteiger partial charge in [-0.25, -0.2) is 0 Å². The van der Waals surface area contributed by atoms with Crippen molar-refractivity contribution in [2.75, 3.05) is 4.90 Å². The molecular weight excluding hydrogens is 585 g/mol. The van der Waals surface area contributed by atoms with Crippen molar-refractivity contribution in [2.45, 2.75) is 16.1 Å². The number of thioether (sulfide) groups is 1. The van der Waals surface area contributed by atoms with Gasteiger partial charge in [0.25, 0.3) is 11.6 Å². The molecule has 1 aliphatic heterocycles. The molecule has 2 heterocycles. The number of carbonyl (C=O) groups excluding carboxylic acids is 2. The smallest absolute Gasteiger partial charge is 0.296 e. The maximum Gasteiger partial charge on any atom is 0.296 e. The minimum atomic E-state index is -1.15. The summed E-state index contributed by atoms with van der Waals surface area (Å²) < 4.78 is 0.580. The predicted molar refractivity (Wildman–Crippen MR) is 167 cm³/mol. The molecule has 11 heteroatoms. The number of carbonyl (C=O) groups is 2. The van der Waals surface area contributed by atoms with Crippen molar-refractivity contribution in [3.8, 4) is 0 Å². The largest absolute Gasteiger partial charge is 0.503 e. The van der Waals surface area contributed by atoms with Crippen LogP contribution in [0.2, 0.25) is 0 Å². The van der Waals surface area contributed by atoms with Gasteiger partial charge in [-0.2, -0.15) is 0 Å². The Labute approximate surface area is 254 Å². The molecule has 43 heavy (non-hydrogen) atoms. The van der Waals surface area contributed by atoms with Gasteiger partial charge in [-0.15, -0.1) is 10.2 Å². The fraction of sp³-hybridized carbons (Fsp3) is 0.0625. The SMILES string of the molecule is O=C(C=Cc1ccccc1)C1=C(O)C(=O)N(c2nnc(SCc3cccc4ccccc34)s2)C1c1cccc([N+](=O)[O-])c1. The molecule has 0 saturated carbocycles. The molecule has 9 nitrogen and oxygen atoms in total. The number of hydrogen-bond donors (Lipinski definition) is 1. The molecule has 0 saturated heterocycles. The number of anilines is 1. The predicted octanol–water partition coefficient (Wildman–Crippen LogP) is 7.07. The summed E-state index contributed by atoms with van der Waals surface area (Å²) in [5, 5.41) is 33.4. The monoisotopic (exact) mass is 606 g/mol. The van der Waals surface area contributed by atoms with E-state index in [4.69, 9.17) is 0 Å². The van der Waals surface area contributed by atoms with E-state index in [2.05, 4.69) is 16.3 Å². The topological polar surface area (TPSA) is 127 Å². The van der Waals surface area contributed by atoms with Crippen molar-refractivity contribution >= 4 is 62.5 Å². The van der Waals surface area contributed by atoms with Gasteiger partial charge in [0, 0.05) is 17.9 Å². The van der Waals surface area contributed by atoms with Gasteiger partial charge in [-0.1, -0.05) is 114 Å². The zero-order chi connectivity index (χ0) is 29.9. The fourth-order valence-electron chi connectivity index (χ4n) is 4.92. The summed E-state index contributed by atoms with van der Waals surface area (Å²) in [6, 6.07) is 27.8. The van der Waals surface area contributed by atoms with Gasteiger partial charge in [0.1, 0.15) is 0 Å². The van der Waals surface area contributed by atoms with Gasteiger partial charge in [0.15, 0.2) is 15.9 Å². The van der Waals surface area contributed by atoms with Crippen LogP contribution >= 0.6 is 23.1 Å². The number of aliphatic hydroxyl groups excluding tert-OH is 1. The molecule has 6 rings (SSSR count). The number of nitrogens with zero attached hydrogens (tertiary/aromatic N) is 4. The Morgan fingerprint density at radius 2 is 1.74 bits per heavy atom. The molecule has 0 fully saturated rings. The maximum atomic E-state index is 13.5. The van der Waals surface area contributed by atoms with Crippen LogP contribution in [-0.2, 0) is 15.3 Å². The number of nitro groups is 1. The summed E-state index contributed by atoms with van der Waals surface area (Å²) >= 11 is 2.59. The molecule has 0 aliphatic carbocycles. The molecular formula is C32H22N4O5S2. The minimum absolute atomic E-state index is 0.156. The molecule has 1 amide bonds. The lowest BCUT2D eigenvalue weighted by molar-refractivity contribution is -0.384. The van der Waals surface area contributed by atoms with Crippen molar-refractivity contribution in [1.29, 1.82) is 0 Å². The van der Waals surface area contributed by atoms with E-state index in [0.29, 0.717) is 10.1 Å². The summed E-state index contributed by atoms with van der Waals surface area (Å²) in [5.74, 6) is -1.58. The summed E-state index contributed by atoms with van der Waals surface area (Å²) in [7, 11) is 0. The number of benzene rings is 4. The lowest BCUT2D eigenvalue weighted by Gasteiger charge is -2.23. The van der Waals surface area contributed by atoms with Gasteiger partial charge in [0.05, 0.1) is 16.5 Å². The van der Waals surface area contributed by atoms with Gasteiger partial charge < -0.3 is 5.11 Å². The fourth-order valence-corrected chi connectivity index (χ4v) is 6.79. The summed E-state index contributed by atoms with van der Waals surface area (Å²) in [4.78, 5) is 39.1. The zero-order valence-corrected chi connectivity index (χ0v) is 24.0. The number of fused-ring (bicyclic) bond motifs is 1. The Balaban J connectivity index is 1.33. The molecule has 1 atom stereocenters.